The van der Waals surface area contributed by atoms with E-state index < -0.39 is 10.0 Å². The third kappa shape index (κ3) is 7.61. The van der Waals surface area contributed by atoms with E-state index in [1.54, 1.807) is 12.1 Å². The Balaban J connectivity index is 2.59. The van der Waals surface area contributed by atoms with Gasteiger partial charge in [0.15, 0.2) is 0 Å². The zero-order valence-corrected chi connectivity index (χ0v) is 16.2. The van der Waals surface area contributed by atoms with Gasteiger partial charge >= 0.3 is 0 Å². The zero-order chi connectivity index (χ0) is 18.3. The fourth-order valence-corrected chi connectivity index (χ4v) is 3.23. The smallest absolute Gasteiger partial charge is 0.225 e. The molecule has 0 aromatic heterocycles. The molecule has 0 radical (unpaired) electrons. The van der Waals surface area contributed by atoms with Gasteiger partial charge < -0.3 is 10.2 Å². The SMILES string of the molecule is Cc1ccc(Cl)cc1NC(=O)CCN(CCCN(C)C)S(C)(=O)=O. The number of sulfonamides is 1. The molecule has 8 heteroatoms. The lowest BCUT2D eigenvalue weighted by Gasteiger charge is -2.20. The number of carbonyl (C=O) groups is 1. The fraction of sp³-hybridized carbons (Fsp3) is 0.562. The van der Waals surface area contributed by atoms with Crippen molar-refractivity contribution in [2.45, 2.75) is 19.8 Å². The maximum Gasteiger partial charge on any atom is 0.225 e. The number of nitrogens with one attached hydrogen (secondary N) is 1. The number of hydrogen-bond acceptors (Lipinski definition) is 4. The van der Waals surface area contributed by atoms with Gasteiger partial charge in [-0.25, -0.2) is 12.7 Å². The highest BCUT2D eigenvalue weighted by Gasteiger charge is 2.17. The molecule has 0 saturated carbocycles. The molecule has 0 saturated heterocycles. The van der Waals surface area contributed by atoms with E-state index in [1.165, 1.54) is 10.6 Å². The monoisotopic (exact) mass is 375 g/mol. The van der Waals surface area contributed by atoms with E-state index in [2.05, 4.69) is 5.32 Å². The largest absolute Gasteiger partial charge is 0.326 e. The predicted octanol–water partition coefficient (Wildman–Crippen LogP) is 2.19. The van der Waals surface area contributed by atoms with Gasteiger partial charge in [-0.2, -0.15) is 0 Å². The van der Waals surface area contributed by atoms with E-state index >= 15 is 0 Å². The normalized spacial score (nSPS) is 12.0. The van der Waals surface area contributed by atoms with Crippen molar-refractivity contribution in [3.8, 4) is 0 Å². The average molecular weight is 376 g/mol. The van der Waals surface area contributed by atoms with Gasteiger partial charge in [0.25, 0.3) is 0 Å². The van der Waals surface area contributed by atoms with Gasteiger partial charge in [0.1, 0.15) is 0 Å². The molecule has 0 unspecified atom stereocenters. The van der Waals surface area contributed by atoms with Gasteiger partial charge in [-0.15, -0.1) is 0 Å². The first-order valence-electron chi connectivity index (χ1n) is 7.75. The molecule has 1 rings (SSSR count). The van der Waals surface area contributed by atoms with Crippen LogP contribution in [0.5, 0.6) is 0 Å². The number of aryl methyl sites for hydroxylation is 1. The Hall–Kier alpha value is -1.15. The molecule has 0 aliphatic carbocycles. The lowest BCUT2D eigenvalue weighted by molar-refractivity contribution is -0.116. The number of anilines is 1. The summed E-state index contributed by atoms with van der Waals surface area (Å²) in [4.78, 5) is 14.1. The molecule has 1 amide bonds. The molecule has 24 heavy (non-hydrogen) atoms. The summed E-state index contributed by atoms with van der Waals surface area (Å²) in [5.74, 6) is -0.235. The Morgan fingerprint density at radius 3 is 2.46 bits per heavy atom. The van der Waals surface area contributed by atoms with Crippen molar-refractivity contribution in [3.63, 3.8) is 0 Å². The van der Waals surface area contributed by atoms with Crippen molar-refractivity contribution < 1.29 is 13.2 Å². The molecule has 0 fully saturated rings. The van der Waals surface area contributed by atoms with Gasteiger partial charge in [-0.3, -0.25) is 4.79 Å². The van der Waals surface area contributed by atoms with Gasteiger partial charge in [0.05, 0.1) is 6.26 Å². The van der Waals surface area contributed by atoms with Gasteiger partial charge in [0, 0.05) is 30.2 Å². The van der Waals surface area contributed by atoms with E-state index in [-0.39, 0.29) is 18.9 Å². The second-order valence-corrected chi connectivity index (χ2v) is 8.50. The number of benzene rings is 1. The Kier molecular flexibility index (Phi) is 8.15. The van der Waals surface area contributed by atoms with Crippen LogP contribution in [0.1, 0.15) is 18.4 Å². The van der Waals surface area contributed by atoms with Crippen molar-refractivity contribution in [3.05, 3.63) is 28.8 Å². The highest BCUT2D eigenvalue weighted by Crippen LogP contribution is 2.20. The number of rotatable bonds is 9. The summed E-state index contributed by atoms with van der Waals surface area (Å²) in [6.45, 7) is 3.23. The van der Waals surface area contributed by atoms with Crippen LogP contribution in [0.2, 0.25) is 5.02 Å². The molecule has 0 heterocycles. The number of halogens is 1. The van der Waals surface area contributed by atoms with Gasteiger partial charge in [0.2, 0.25) is 15.9 Å². The molecule has 0 bridgehead atoms. The first-order valence-corrected chi connectivity index (χ1v) is 9.98. The van der Waals surface area contributed by atoms with E-state index in [0.29, 0.717) is 17.3 Å². The lowest BCUT2D eigenvalue weighted by atomic mass is 10.2. The van der Waals surface area contributed by atoms with E-state index in [0.717, 1.165) is 18.5 Å². The second kappa shape index (κ2) is 9.36. The van der Waals surface area contributed by atoms with Crippen LogP contribution in [0.15, 0.2) is 18.2 Å². The molecule has 1 N–H and O–H groups in total. The van der Waals surface area contributed by atoms with Crippen molar-refractivity contribution in [2.75, 3.05) is 45.3 Å². The van der Waals surface area contributed by atoms with Crippen molar-refractivity contribution in [1.29, 1.82) is 0 Å². The quantitative estimate of drug-likeness (QED) is 0.718. The van der Waals surface area contributed by atoms with Crippen molar-refractivity contribution in [1.82, 2.24) is 9.21 Å². The molecule has 0 spiro atoms. The number of nitrogens with zero attached hydrogens (tertiary/aromatic N) is 2. The van der Waals surface area contributed by atoms with Gasteiger partial charge in [-0.1, -0.05) is 17.7 Å². The standard InChI is InChI=1S/C16H26ClN3O3S/c1-13-6-7-14(17)12-15(13)18-16(21)8-11-20(24(4,22)23)10-5-9-19(2)3/h6-7,12H,5,8-11H2,1-4H3,(H,18,21). The lowest BCUT2D eigenvalue weighted by Crippen LogP contribution is -2.35. The Morgan fingerprint density at radius 1 is 1.21 bits per heavy atom. The topological polar surface area (TPSA) is 69.7 Å². The molecule has 6 nitrogen and oxygen atoms in total. The summed E-state index contributed by atoms with van der Waals surface area (Å²) in [6.07, 6.45) is 1.98. The third-order valence-corrected chi connectivity index (χ3v) is 5.08. The molecule has 0 aliphatic heterocycles. The molecule has 0 atom stereocenters. The van der Waals surface area contributed by atoms with Gasteiger partial charge in [-0.05, 0) is 51.7 Å². The maximum atomic E-state index is 12.1. The molecular weight excluding hydrogens is 350 g/mol. The highest BCUT2D eigenvalue weighted by molar-refractivity contribution is 7.88. The minimum atomic E-state index is -3.33. The summed E-state index contributed by atoms with van der Waals surface area (Å²) < 4.78 is 25.0. The Labute approximate surface area is 149 Å². The summed E-state index contributed by atoms with van der Waals surface area (Å²) in [6, 6.07) is 5.25. The van der Waals surface area contributed by atoms with Crippen LogP contribution in [0, 0.1) is 6.92 Å². The maximum absolute atomic E-state index is 12.1. The van der Waals surface area contributed by atoms with Crippen LogP contribution < -0.4 is 5.32 Å². The molecule has 1 aromatic rings. The van der Waals surface area contributed by atoms with E-state index in [1.807, 2.05) is 32.0 Å². The highest BCUT2D eigenvalue weighted by atomic mass is 35.5. The van der Waals surface area contributed by atoms with Crippen LogP contribution in [0.25, 0.3) is 0 Å². The number of amides is 1. The first kappa shape index (κ1) is 20.9. The summed E-state index contributed by atoms with van der Waals surface area (Å²) in [7, 11) is 0.540. The fourth-order valence-electron chi connectivity index (χ4n) is 2.17. The van der Waals surface area contributed by atoms with E-state index in [4.69, 9.17) is 11.6 Å². The summed E-state index contributed by atoms with van der Waals surface area (Å²) in [5.41, 5.74) is 1.55. The van der Waals surface area contributed by atoms with Crippen LogP contribution >= 0.6 is 11.6 Å². The first-order chi connectivity index (χ1) is 11.1. The van der Waals surface area contributed by atoms with Crippen LogP contribution in [-0.4, -0.2) is 63.5 Å². The minimum absolute atomic E-state index is 0.0982. The summed E-state index contributed by atoms with van der Waals surface area (Å²) in [5, 5.41) is 3.32. The van der Waals surface area contributed by atoms with Crippen LogP contribution in [-0.2, 0) is 14.8 Å². The van der Waals surface area contributed by atoms with E-state index in [9.17, 15) is 13.2 Å². The second-order valence-electron chi connectivity index (χ2n) is 6.08. The molecule has 0 aliphatic rings. The number of carbonyl (C=O) groups excluding carboxylic acids is 1. The van der Waals surface area contributed by atoms with Crippen LogP contribution in [0.3, 0.4) is 0 Å². The van der Waals surface area contributed by atoms with Crippen molar-refractivity contribution >= 4 is 33.2 Å². The summed E-state index contributed by atoms with van der Waals surface area (Å²) >= 11 is 5.93. The molecule has 136 valence electrons. The predicted molar refractivity (Wildman–Crippen MR) is 99.0 cm³/mol. The average Bonchev–Trinajstić information content (AvgIpc) is 2.44. The Morgan fingerprint density at radius 2 is 1.88 bits per heavy atom. The van der Waals surface area contributed by atoms with Crippen molar-refractivity contribution in [2.24, 2.45) is 0 Å². The minimum Gasteiger partial charge on any atom is -0.326 e. The molecule has 1 aromatic carbocycles. The van der Waals surface area contributed by atoms with Crippen LogP contribution in [0.4, 0.5) is 5.69 Å². The number of hydrogen-bond donors (Lipinski definition) is 1. The molecular formula is C16H26ClN3O3S. The third-order valence-electron chi connectivity index (χ3n) is 3.54. The zero-order valence-electron chi connectivity index (χ0n) is 14.7. The Bertz CT molecular complexity index is 663.